The second-order valence-corrected chi connectivity index (χ2v) is 8.97. The van der Waals surface area contributed by atoms with Gasteiger partial charge in [0, 0.05) is 11.4 Å². The Kier molecular flexibility index (Phi) is 8.89. The number of hydrogen-bond donors (Lipinski definition) is 0. The monoisotopic (exact) mass is 453 g/mol. The van der Waals surface area contributed by atoms with E-state index in [1.165, 1.54) is 29.5 Å². The molecule has 8 heteroatoms. The number of hydrogen-bond acceptors (Lipinski definition) is 5. The number of fused-ring (bicyclic) bond motifs is 1. The van der Waals surface area contributed by atoms with E-state index in [1.807, 2.05) is 26.2 Å². The third-order valence-corrected chi connectivity index (χ3v) is 6.27. The number of nitrogens with zero attached hydrogens (tertiary/aromatic N) is 3. The van der Waals surface area contributed by atoms with Gasteiger partial charge in [0.25, 0.3) is 0 Å². The average molecular weight is 454 g/mol. The first kappa shape index (κ1) is 23.6. The lowest BCUT2D eigenvalue weighted by Gasteiger charge is -2.21. The largest absolute Gasteiger partial charge is 0.309 e. The Labute approximate surface area is 185 Å². The molecule has 0 radical (unpaired) electrons. The fourth-order valence-electron chi connectivity index (χ4n) is 2.76. The number of halogens is 2. The SMILES string of the molecule is Cc1ccc2nc(N(CCCN(C)C)C(=O)CSc3ccc(F)cc3)sc2c1.Cl. The molecule has 0 aliphatic heterocycles. The van der Waals surface area contributed by atoms with Crippen LogP contribution in [0.4, 0.5) is 9.52 Å². The van der Waals surface area contributed by atoms with Crippen LogP contribution in [0.3, 0.4) is 0 Å². The topological polar surface area (TPSA) is 36.4 Å². The van der Waals surface area contributed by atoms with E-state index in [2.05, 4.69) is 17.9 Å². The molecule has 1 heterocycles. The summed E-state index contributed by atoms with van der Waals surface area (Å²) in [4.78, 5) is 22.5. The smallest absolute Gasteiger partial charge is 0.239 e. The van der Waals surface area contributed by atoms with Gasteiger partial charge in [-0.25, -0.2) is 9.37 Å². The van der Waals surface area contributed by atoms with Crippen LogP contribution in [0, 0.1) is 12.7 Å². The first-order chi connectivity index (χ1) is 13.4. The van der Waals surface area contributed by atoms with Crippen molar-refractivity contribution < 1.29 is 9.18 Å². The second kappa shape index (κ2) is 10.9. The minimum Gasteiger partial charge on any atom is -0.309 e. The number of rotatable bonds is 8. The maximum absolute atomic E-state index is 13.1. The molecular formula is C21H25ClFN3OS2. The zero-order valence-corrected chi connectivity index (χ0v) is 19.2. The Bertz CT molecular complexity index is 947. The Morgan fingerprint density at radius 1 is 1.14 bits per heavy atom. The van der Waals surface area contributed by atoms with Crippen molar-refractivity contribution in [3.8, 4) is 0 Å². The van der Waals surface area contributed by atoms with E-state index >= 15 is 0 Å². The molecule has 1 amide bonds. The van der Waals surface area contributed by atoms with Crippen LogP contribution < -0.4 is 4.90 Å². The third-order valence-electron chi connectivity index (χ3n) is 4.23. The summed E-state index contributed by atoms with van der Waals surface area (Å²) in [5, 5.41) is 0.740. The van der Waals surface area contributed by atoms with Crippen molar-refractivity contribution in [2.45, 2.75) is 18.2 Å². The molecule has 0 unspecified atom stereocenters. The van der Waals surface area contributed by atoms with Crippen molar-refractivity contribution in [1.82, 2.24) is 9.88 Å². The van der Waals surface area contributed by atoms with Crippen LogP contribution in [-0.4, -0.2) is 48.7 Å². The highest BCUT2D eigenvalue weighted by atomic mass is 35.5. The summed E-state index contributed by atoms with van der Waals surface area (Å²) in [5.41, 5.74) is 2.10. The molecule has 0 bridgehead atoms. The van der Waals surface area contributed by atoms with Crippen molar-refractivity contribution >= 4 is 56.8 Å². The van der Waals surface area contributed by atoms with Gasteiger partial charge >= 0.3 is 0 Å². The lowest BCUT2D eigenvalue weighted by atomic mass is 10.2. The number of amides is 1. The lowest BCUT2D eigenvalue weighted by molar-refractivity contribution is -0.116. The number of thiazole rings is 1. The molecule has 0 saturated carbocycles. The fraction of sp³-hybridized carbons (Fsp3) is 0.333. The highest BCUT2D eigenvalue weighted by Crippen LogP contribution is 2.30. The van der Waals surface area contributed by atoms with Gasteiger partial charge in [-0.05, 0) is 75.9 Å². The summed E-state index contributed by atoms with van der Waals surface area (Å²) < 4.78 is 14.2. The third kappa shape index (κ3) is 6.67. The maximum Gasteiger partial charge on any atom is 0.239 e. The van der Waals surface area contributed by atoms with Crippen LogP contribution in [0.15, 0.2) is 47.4 Å². The van der Waals surface area contributed by atoms with E-state index < -0.39 is 0 Å². The lowest BCUT2D eigenvalue weighted by Crippen LogP contribution is -2.34. The van der Waals surface area contributed by atoms with Gasteiger partial charge in [-0.2, -0.15) is 0 Å². The molecule has 1 aromatic heterocycles. The number of benzene rings is 2. The highest BCUT2D eigenvalue weighted by molar-refractivity contribution is 8.00. The van der Waals surface area contributed by atoms with E-state index in [4.69, 9.17) is 4.98 Å². The summed E-state index contributed by atoms with van der Waals surface area (Å²) in [6.07, 6.45) is 0.870. The summed E-state index contributed by atoms with van der Waals surface area (Å²) in [6.45, 7) is 3.58. The molecule has 0 spiro atoms. The molecule has 29 heavy (non-hydrogen) atoms. The molecule has 2 aromatic carbocycles. The molecule has 0 fully saturated rings. The molecule has 0 aliphatic carbocycles. The standard InChI is InChI=1S/C21H24FN3OS2.ClH/c1-15-5-10-18-19(13-15)28-21(23-18)25(12-4-11-24(2)3)20(26)14-27-17-8-6-16(22)7-9-17;/h5-10,13H,4,11-12,14H2,1-3H3;1H. The van der Waals surface area contributed by atoms with Crippen molar-refractivity contribution in [1.29, 1.82) is 0 Å². The van der Waals surface area contributed by atoms with Crippen LogP contribution in [0.1, 0.15) is 12.0 Å². The summed E-state index contributed by atoms with van der Waals surface area (Å²) in [5.74, 6) is 0.0392. The van der Waals surface area contributed by atoms with E-state index in [9.17, 15) is 9.18 Å². The first-order valence-electron chi connectivity index (χ1n) is 9.13. The minimum atomic E-state index is -0.272. The minimum absolute atomic E-state index is 0. The van der Waals surface area contributed by atoms with Gasteiger partial charge in [0.1, 0.15) is 5.82 Å². The van der Waals surface area contributed by atoms with Gasteiger partial charge in [-0.1, -0.05) is 17.4 Å². The van der Waals surface area contributed by atoms with Gasteiger partial charge in [0.2, 0.25) is 5.91 Å². The molecule has 156 valence electrons. The summed E-state index contributed by atoms with van der Waals surface area (Å²) >= 11 is 2.97. The zero-order valence-electron chi connectivity index (χ0n) is 16.7. The molecule has 0 atom stereocenters. The number of anilines is 1. The normalized spacial score (nSPS) is 10.9. The molecule has 3 rings (SSSR count). The van der Waals surface area contributed by atoms with Crippen molar-refractivity contribution in [2.75, 3.05) is 37.8 Å². The van der Waals surface area contributed by atoms with Crippen LogP contribution in [0.2, 0.25) is 0 Å². The fourth-order valence-corrected chi connectivity index (χ4v) is 4.64. The van der Waals surface area contributed by atoms with Crippen LogP contribution in [-0.2, 0) is 4.79 Å². The number of aromatic nitrogens is 1. The predicted octanol–water partition coefficient (Wildman–Crippen LogP) is 5.24. The molecular weight excluding hydrogens is 429 g/mol. The van der Waals surface area contributed by atoms with Gasteiger partial charge in [-0.3, -0.25) is 9.69 Å². The second-order valence-electron chi connectivity index (χ2n) is 6.91. The van der Waals surface area contributed by atoms with E-state index in [1.54, 1.807) is 28.4 Å². The molecule has 0 N–H and O–H groups in total. The Morgan fingerprint density at radius 3 is 2.55 bits per heavy atom. The van der Waals surface area contributed by atoms with Crippen molar-refractivity contribution in [3.63, 3.8) is 0 Å². The zero-order chi connectivity index (χ0) is 20.1. The van der Waals surface area contributed by atoms with Gasteiger partial charge in [0.15, 0.2) is 5.13 Å². The van der Waals surface area contributed by atoms with Gasteiger partial charge in [0.05, 0.1) is 16.0 Å². The molecule has 4 nitrogen and oxygen atoms in total. The number of carbonyl (C=O) groups is 1. The van der Waals surface area contributed by atoms with Crippen LogP contribution >= 0.6 is 35.5 Å². The Morgan fingerprint density at radius 2 is 1.86 bits per heavy atom. The maximum atomic E-state index is 13.1. The van der Waals surface area contributed by atoms with E-state index in [-0.39, 0.29) is 24.1 Å². The quantitative estimate of drug-likeness (QED) is 0.437. The summed E-state index contributed by atoms with van der Waals surface area (Å²) in [7, 11) is 4.05. The number of thioether (sulfide) groups is 1. The summed E-state index contributed by atoms with van der Waals surface area (Å²) in [6, 6.07) is 12.4. The Hall–Kier alpha value is -1.67. The van der Waals surface area contributed by atoms with Crippen LogP contribution in [0.5, 0.6) is 0 Å². The highest BCUT2D eigenvalue weighted by Gasteiger charge is 2.20. The van der Waals surface area contributed by atoms with Gasteiger partial charge in [-0.15, -0.1) is 24.2 Å². The van der Waals surface area contributed by atoms with Crippen molar-refractivity contribution in [2.24, 2.45) is 0 Å². The van der Waals surface area contributed by atoms with Gasteiger partial charge < -0.3 is 4.90 Å². The number of carbonyl (C=O) groups excluding carboxylic acids is 1. The average Bonchev–Trinajstić information content (AvgIpc) is 3.07. The van der Waals surface area contributed by atoms with E-state index in [0.717, 1.165) is 33.2 Å². The molecule has 3 aromatic rings. The Balaban J connectivity index is 0.00000300. The van der Waals surface area contributed by atoms with Crippen LogP contribution in [0.25, 0.3) is 10.2 Å². The first-order valence-corrected chi connectivity index (χ1v) is 10.9. The molecule has 0 aliphatic rings. The van der Waals surface area contributed by atoms with Crippen molar-refractivity contribution in [3.05, 3.63) is 53.8 Å². The van der Waals surface area contributed by atoms with E-state index in [0.29, 0.717) is 12.3 Å². The molecule has 0 saturated heterocycles. The number of aryl methyl sites for hydroxylation is 1. The predicted molar refractivity (Wildman–Crippen MR) is 124 cm³/mol.